The number of benzene rings is 2. The Labute approximate surface area is 182 Å². The molecule has 0 saturated carbocycles. The number of sulfonamides is 1. The van der Waals surface area contributed by atoms with Crippen molar-refractivity contribution in [2.24, 2.45) is 0 Å². The number of carbonyl (C=O) groups excluding carboxylic acids is 2. The highest BCUT2D eigenvalue weighted by Crippen LogP contribution is 2.21. The van der Waals surface area contributed by atoms with Crippen LogP contribution in [0, 0.1) is 0 Å². The largest absolute Gasteiger partial charge is 0.454 e. The molecule has 0 aliphatic carbocycles. The Balaban J connectivity index is 1.46. The number of anilines is 2. The summed E-state index contributed by atoms with van der Waals surface area (Å²) in [5.41, 5.74) is 1.71. The highest BCUT2D eigenvalue weighted by molar-refractivity contribution is 7.89. The third-order valence-electron chi connectivity index (χ3n) is 4.96. The summed E-state index contributed by atoms with van der Waals surface area (Å²) in [6.45, 7) is 2.92. The first-order chi connectivity index (χ1) is 14.8. The van der Waals surface area contributed by atoms with Gasteiger partial charge < -0.3 is 15.0 Å². The summed E-state index contributed by atoms with van der Waals surface area (Å²) in [5, 5.41) is 2.67. The summed E-state index contributed by atoms with van der Waals surface area (Å²) in [6.07, 6.45) is 3.63. The molecule has 3 rings (SSSR count). The summed E-state index contributed by atoms with van der Waals surface area (Å²) >= 11 is 0. The van der Waals surface area contributed by atoms with Gasteiger partial charge in [-0.3, -0.25) is 9.59 Å². The molecule has 0 aromatic heterocycles. The first kappa shape index (κ1) is 22.8. The fraction of sp³-hybridized carbons (Fsp3) is 0.364. The molecule has 1 saturated heterocycles. The second-order valence-electron chi connectivity index (χ2n) is 7.41. The van der Waals surface area contributed by atoms with Gasteiger partial charge in [-0.05, 0) is 62.6 Å². The van der Waals surface area contributed by atoms with Crippen LogP contribution in [0.2, 0.25) is 0 Å². The van der Waals surface area contributed by atoms with Gasteiger partial charge in [0, 0.05) is 24.5 Å². The standard InChI is InChI=1S/C22H27N3O5S/c1-17(24-31(28,29)20-8-4-2-5-9-20)22(27)30-16-21(26)23-18-10-12-19(13-11-18)25-14-6-3-7-15-25/h2,4-5,8-13,17,24H,3,6-7,14-16H2,1H3,(H,23,26). The maximum Gasteiger partial charge on any atom is 0.324 e. The van der Waals surface area contributed by atoms with Crippen molar-refractivity contribution in [3.63, 3.8) is 0 Å². The molecule has 1 atom stereocenters. The fourth-order valence-corrected chi connectivity index (χ4v) is 4.53. The van der Waals surface area contributed by atoms with Crippen LogP contribution in [0.25, 0.3) is 0 Å². The lowest BCUT2D eigenvalue weighted by molar-refractivity contribution is -0.148. The van der Waals surface area contributed by atoms with Crippen molar-refractivity contribution in [1.29, 1.82) is 0 Å². The average Bonchev–Trinajstić information content (AvgIpc) is 2.79. The van der Waals surface area contributed by atoms with E-state index in [2.05, 4.69) is 14.9 Å². The second kappa shape index (κ2) is 10.4. The molecule has 166 valence electrons. The van der Waals surface area contributed by atoms with E-state index in [-0.39, 0.29) is 4.90 Å². The van der Waals surface area contributed by atoms with E-state index < -0.39 is 34.5 Å². The lowest BCUT2D eigenvalue weighted by atomic mass is 10.1. The maximum absolute atomic E-state index is 12.3. The Morgan fingerprint density at radius 2 is 1.65 bits per heavy atom. The first-order valence-corrected chi connectivity index (χ1v) is 11.7. The minimum Gasteiger partial charge on any atom is -0.454 e. The lowest BCUT2D eigenvalue weighted by Crippen LogP contribution is -2.40. The van der Waals surface area contributed by atoms with E-state index in [1.54, 1.807) is 30.3 Å². The van der Waals surface area contributed by atoms with Crippen LogP contribution in [-0.4, -0.2) is 46.0 Å². The van der Waals surface area contributed by atoms with Crippen LogP contribution in [0.1, 0.15) is 26.2 Å². The molecule has 1 aliphatic rings. The normalized spacial score (nSPS) is 15.2. The van der Waals surface area contributed by atoms with Crippen molar-refractivity contribution in [1.82, 2.24) is 4.72 Å². The summed E-state index contributed by atoms with van der Waals surface area (Å²) in [4.78, 5) is 26.5. The molecule has 0 spiro atoms. The van der Waals surface area contributed by atoms with Gasteiger partial charge in [0.25, 0.3) is 5.91 Å². The molecule has 1 fully saturated rings. The molecule has 0 radical (unpaired) electrons. The van der Waals surface area contributed by atoms with Crippen molar-refractivity contribution in [3.8, 4) is 0 Å². The fourth-order valence-electron chi connectivity index (χ4n) is 3.31. The van der Waals surface area contributed by atoms with Gasteiger partial charge in [0.15, 0.2) is 6.61 Å². The highest BCUT2D eigenvalue weighted by atomic mass is 32.2. The third-order valence-corrected chi connectivity index (χ3v) is 6.51. The van der Waals surface area contributed by atoms with E-state index in [1.807, 2.05) is 12.1 Å². The highest BCUT2D eigenvalue weighted by Gasteiger charge is 2.23. The molecular formula is C22H27N3O5S. The Morgan fingerprint density at radius 1 is 1.00 bits per heavy atom. The molecule has 31 heavy (non-hydrogen) atoms. The van der Waals surface area contributed by atoms with E-state index in [4.69, 9.17) is 4.74 Å². The Kier molecular flexibility index (Phi) is 7.64. The monoisotopic (exact) mass is 445 g/mol. The molecule has 1 unspecified atom stereocenters. The zero-order chi connectivity index (χ0) is 22.3. The van der Waals surface area contributed by atoms with E-state index >= 15 is 0 Å². The molecule has 1 aliphatic heterocycles. The molecule has 0 bridgehead atoms. The first-order valence-electron chi connectivity index (χ1n) is 10.2. The van der Waals surface area contributed by atoms with E-state index in [9.17, 15) is 18.0 Å². The summed E-state index contributed by atoms with van der Waals surface area (Å²) in [6, 6.07) is 14.1. The topological polar surface area (TPSA) is 105 Å². The van der Waals surface area contributed by atoms with Crippen LogP contribution in [0.5, 0.6) is 0 Å². The number of esters is 1. The van der Waals surface area contributed by atoms with Gasteiger partial charge in [-0.25, -0.2) is 8.42 Å². The molecule has 2 aromatic rings. The minimum atomic E-state index is -3.86. The molecule has 1 amide bonds. The number of hydrogen-bond donors (Lipinski definition) is 2. The number of nitrogens with zero attached hydrogens (tertiary/aromatic N) is 1. The number of ether oxygens (including phenoxy) is 1. The maximum atomic E-state index is 12.3. The van der Waals surface area contributed by atoms with Crippen molar-refractivity contribution in [2.45, 2.75) is 37.1 Å². The number of amides is 1. The number of hydrogen-bond acceptors (Lipinski definition) is 6. The number of piperidine rings is 1. The van der Waals surface area contributed by atoms with Crippen LogP contribution in [0.3, 0.4) is 0 Å². The Hall–Kier alpha value is -2.91. The van der Waals surface area contributed by atoms with Gasteiger partial charge in [0.1, 0.15) is 6.04 Å². The zero-order valence-corrected chi connectivity index (χ0v) is 18.2. The summed E-state index contributed by atoms with van der Waals surface area (Å²) in [7, 11) is -3.86. The van der Waals surface area contributed by atoms with Gasteiger partial charge in [-0.2, -0.15) is 4.72 Å². The van der Waals surface area contributed by atoms with Crippen LogP contribution >= 0.6 is 0 Å². The predicted molar refractivity (Wildman–Crippen MR) is 118 cm³/mol. The number of rotatable bonds is 8. The Bertz CT molecular complexity index is 988. The van der Waals surface area contributed by atoms with Gasteiger partial charge >= 0.3 is 5.97 Å². The van der Waals surface area contributed by atoms with E-state index in [1.165, 1.54) is 38.3 Å². The van der Waals surface area contributed by atoms with Crippen LogP contribution in [-0.2, 0) is 24.3 Å². The number of carbonyl (C=O) groups is 2. The van der Waals surface area contributed by atoms with Gasteiger partial charge in [0.2, 0.25) is 10.0 Å². The molecule has 2 N–H and O–H groups in total. The quantitative estimate of drug-likeness (QED) is 0.605. The van der Waals surface area contributed by atoms with Crippen LogP contribution < -0.4 is 14.9 Å². The van der Waals surface area contributed by atoms with Crippen molar-refractivity contribution >= 4 is 33.3 Å². The van der Waals surface area contributed by atoms with Crippen LogP contribution in [0.4, 0.5) is 11.4 Å². The molecule has 9 heteroatoms. The minimum absolute atomic E-state index is 0.0420. The van der Waals surface area contributed by atoms with Crippen molar-refractivity contribution in [3.05, 3.63) is 54.6 Å². The van der Waals surface area contributed by atoms with Crippen molar-refractivity contribution < 1.29 is 22.7 Å². The van der Waals surface area contributed by atoms with Crippen LogP contribution in [0.15, 0.2) is 59.5 Å². The second-order valence-corrected chi connectivity index (χ2v) is 9.12. The molecule has 8 nitrogen and oxygen atoms in total. The Morgan fingerprint density at radius 3 is 2.29 bits per heavy atom. The van der Waals surface area contributed by atoms with E-state index in [0.717, 1.165) is 18.8 Å². The smallest absolute Gasteiger partial charge is 0.324 e. The zero-order valence-electron chi connectivity index (χ0n) is 17.4. The lowest BCUT2D eigenvalue weighted by Gasteiger charge is -2.28. The van der Waals surface area contributed by atoms with Gasteiger partial charge in [0.05, 0.1) is 4.90 Å². The molecule has 2 aromatic carbocycles. The van der Waals surface area contributed by atoms with Gasteiger partial charge in [-0.15, -0.1) is 0 Å². The number of nitrogens with one attached hydrogen (secondary N) is 2. The van der Waals surface area contributed by atoms with Crippen molar-refractivity contribution in [2.75, 3.05) is 29.9 Å². The predicted octanol–water partition coefficient (Wildman–Crippen LogP) is 2.53. The molecular weight excluding hydrogens is 418 g/mol. The molecule has 1 heterocycles. The van der Waals surface area contributed by atoms with Gasteiger partial charge in [-0.1, -0.05) is 18.2 Å². The third kappa shape index (κ3) is 6.53. The SMILES string of the molecule is CC(NS(=O)(=O)c1ccccc1)C(=O)OCC(=O)Nc1ccc(N2CCCCC2)cc1. The summed E-state index contributed by atoms with van der Waals surface area (Å²) < 4.78 is 31.7. The average molecular weight is 446 g/mol. The summed E-state index contributed by atoms with van der Waals surface area (Å²) in [5.74, 6) is -1.34. The van der Waals surface area contributed by atoms with E-state index in [0.29, 0.717) is 5.69 Å².